The van der Waals surface area contributed by atoms with E-state index >= 15 is 0 Å². The number of methoxy groups -OCH3 is 2. The van der Waals surface area contributed by atoms with E-state index in [2.05, 4.69) is 11.1 Å². The van der Waals surface area contributed by atoms with Crippen LogP contribution >= 0.6 is 0 Å². The van der Waals surface area contributed by atoms with Gasteiger partial charge in [-0.3, -0.25) is 9.36 Å². The van der Waals surface area contributed by atoms with Gasteiger partial charge in [-0.25, -0.2) is 4.98 Å². The van der Waals surface area contributed by atoms with Gasteiger partial charge in [0.1, 0.15) is 6.33 Å². The number of hydrogen-bond donors (Lipinski definition) is 1. The molecule has 6 nitrogen and oxygen atoms in total. The molecule has 3 aromatic carbocycles. The van der Waals surface area contributed by atoms with Crippen LogP contribution in [0.2, 0.25) is 0 Å². The second kappa shape index (κ2) is 7.08. The number of fused-ring (bicyclic) bond motifs is 1. The zero-order chi connectivity index (χ0) is 19.7. The van der Waals surface area contributed by atoms with Crippen molar-refractivity contribution in [2.24, 2.45) is 5.73 Å². The number of aromatic nitrogens is 2. The van der Waals surface area contributed by atoms with Crippen molar-refractivity contribution in [3.8, 4) is 28.3 Å². The minimum atomic E-state index is -0.469. The Hall–Kier alpha value is -3.80. The summed E-state index contributed by atoms with van der Waals surface area (Å²) in [7, 11) is 3.25. The van der Waals surface area contributed by atoms with Crippen LogP contribution in [0.5, 0.6) is 11.5 Å². The maximum absolute atomic E-state index is 11.4. The van der Waals surface area contributed by atoms with E-state index in [9.17, 15) is 4.79 Å². The van der Waals surface area contributed by atoms with Crippen molar-refractivity contribution in [1.82, 2.24) is 9.55 Å². The number of para-hydroxylation sites is 1. The van der Waals surface area contributed by atoms with E-state index < -0.39 is 5.91 Å². The SMILES string of the molecule is COc1cccc(-c2cccc(-n3cnc4cc(C(N)=O)ccc43)c2)c1OC. The highest BCUT2D eigenvalue weighted by atomic mass is 16.5. The molecule has 4 rings (SSSR count). The molecule has 0 saturated carbocycles. The Kier molecular flexibility index (Phi) is 4.45. The molecule has 1 amide bonds. The summed E-state index contributed by atoms with van der Waals surface area (Å²) < 4.78 is 12.9. The maximum Gasteiger partial charge on any atom is 0.248 e. The van der Waals surface area contributed by atoms with Crippen molar-refractivity contribution in [2.45, 2.75) is 0 Å². The van der Waals surface area contributed by atoms with Crippen LogP contribution in [0.3, 0.4) is 0 Å². The van der Waals surface area contributed by atoms with E-state index in [0.717, 1.165) is 22.3 Å². The summed E-state index contributed by atoms with van der Waals surface area (Å²) in [5.74, 6) is 0.893. The highest BCUT2D eigenvalue weighted by Gasteiger charge is 2.13. The third-order valence-electron chi connectivity index (χ3n) is 4.67. The average molecular weight is 373 g/mol. The van der Waals surface area contributed by atoms with E-state index in [-0.39, 0.29) is 0 Å². The predicted molar refractivity (Wildman–Crippen MR) is 108 cm³/mol. The number of carbonyl (C=O) groups is 1. The molecule has 0 spiro atoms. The van der Waals surface area contributed by atoms with Crippen molar-refractivity contribution >= 4 is 16.9 Å². The van der Waals surface area contributed by atoms with Crippen LogP contribution in [0.1, 0.15) is 10.4 Å². The molecule has 28 heavy (non-hydrogen) atoms. The fourth-order valence-corrected chi connectivity index (χ4v) is 3.31. The summed E-state index contributed by atoms with van der Waals surface area (Å²) >= 11 is 0. The predicted octanol–water partition coefficient (Wildman–Crippen LogP) is 3.81. The highest BCUT2D eigenvalue weighted by Crippen LogP contribution is 2.38. The van der Waals surface area contributed by atoms with Gasteiger partial charge in [0.05, 0.1) is 25.3 Å². The summed E-state index contributed by atoms with van der Waals surface area (Å²) in [5, 5.41) is 0. The molecule has 6 heteroatoms. The second-order valence-electron chi connectivity index (χ2n) is 6.27. The number of ether oxygens (including phenoxy) is 2. The molecule has 0 aliphatic rings. The van der Waals surface area contributed by atoms with Gasteiger partial charge in [0.15, 0.2) is 11.5 Å². The maximum atomic E-state index is 11.4. The largest absolute Gasteiger partial charge is 0.493 e. The molecule has 0 radical (unpaired) electrons. The molecule has 0 saturated heterocycles. The Bertz CT molecular complexity index is 1180. The van der Waals surface area contributed by atoms with Crippen molar-refractivity contribution in [1.29, 1.82) is 0 Å². The Morgan fingerprint density at radius 3 is 2.57 bits per heavy atom. The normalized spacial score (nSPS) is 10.8. The van der Waals surface area contributed by atoms with Crippen molar-refractivity contribution in [2.75, 3.05) is 14.2 Å². The first-order valence-electron chi connectivity index (χ1n) is 8.71. The minimum absolute atomic E-state index is 0.438. The van der Waals surface area contributed by atoms with Gasteiger partial charge in [-0.05, 0) is 42.0 Å². The average Bonchev–Trinajstić information content (AvgIpc) is 3.16. The van der Waals surface area contributed by atoms with Crippen LogP contribution in [-0.4, -0.2) is 29.7 Å². The van der Waals surface area contributed by atoms with Gasteiger partial charge in [-0.2, -0.15) is 0 Å². The molecule has 4 aromatic rings. The Morgan fingerprint density at radius 2 is 1.82 bits per heavy atom. The first kappa shape index (κ1) is 17.6. The number of carbonyl (C=O) groups excluding carboxylic acids is 1. The number of primary amides is 1. The quantitative estimate of drug-likeness (QED) is 0.577. The molecule has 0 atom stereocenters. The molecule has 0 aliphatic carbocycles. The van der Waals surface area contributed by atoms with E-state index in [1.807, 2.05) is 47.0 Å². The van der Waals surface area contributed by atoms with Crippen LogP contribution in [0, 0.1) is 0 Å². The number of benzene rings is 3. The summed E-state index contributed by atoms with van der Waals surface area (Å²) in [4.78, 5) is 15.8. The monoisotopic (exact) mass is 373 g/mol. The molecule has 0 aliphatic heterocycles. The summed E-state index contributed by atoms with van der Waals surface area (Å²) in [6.45, 7) is 0. The smallest absolute Gasteiger partial charge is 0.248 e. The molecule has 0 fully saturated rings. The zero-order valence-electron chi connectivity index (χ0n) is 15.5. The number of imidazole rings is 1. The number of amides is 1. The lowest BCUT2D eigenvalue weighted by atomic mass is 10.0. The Balaban J connectivity index is 1.83. The molecule has 1 heterocycles. The zero-order valence-corrected chi connectivity index (χ0v) is 15.5. The van der Waals surface area contributed by atoms with E-state index in [1.54, 1.807) is 32.7 Å². The van der Waals surface area contributed by atoms with Crippen LogP contribution in [0.25, 0.3) is 27.8 Å². The number of nitrogens with zero attached hydrogens (tertiary/aromatic N) is 2. The number of nitrogens with two attached hydrogens (primary N) is 1. The lowest BCUT2D eigenvalue weighted by Gasteiger charge is -2.14. The van der Waals surface area contributed by atoms with E-state index in [4.69, 9.17) is 15.2 Å². The van der Waals surface area contributed by atoms with Gasteiger partial charge in [0.25, 0.3) is 0 Å². The molecule has 0 bridgehead atoms. The van der Waals surface area contributed by atoms with Crippen molar-refractivity contribution < 1.29 is 14.3 Å². The van der Waals surface area contributed by atoms with Gasteiger partial charge < -0.3 is 15.2 Å². The Labute approximate surface area is 162 Å². The highest BCUT2D eigenvalue weighted by molar-refractivity contribution is 5.96. The van der Waals surface area contributed by atoms with Gasteiger partial charge in [-0.15, -0.1) is 0 Å². The second-order valence-corrected chi connectivity index (χ2v) is 6.27. The van der Waals surface area contributed by atoms with Gasteiger partial charge >= 0.3 is 0 Å². The van der Waals surface area contributed by atoms with Gasteiger partial charge in [-0.1, -0.05) is 24.3 Å². The van der Waals surface area contributed by atoms with Crippen molar-refractivity contribution in [3.63, 3.8) is 0 Å². The molecule has 140 valence electrons. The first-order valence-corrected chi connectivity index (χ1v) is 8.71. The summed E-state index contributed by atoms with van der Waals surface area (Å²) in [5.41, 5.74) is 10.3. The Morgan fingerprint density at radius 1 is 1.00 bits per heavy atom. The fourth-order valence-electron chi connectivity index (χ4n) is 3.31. The molecular weight excluding hydrogens is 354 g/mol. The van der Waals surface area contributed by atoms with Crippen LogP contribution < -0.4 is 15.2 Å². The third-order valence-corrected chi connectivity index (χ3v) is 4.67. The van der Waals surface area contributed by atoms with E-state index in [1.165, 1.54) is 0 Å². The molecular formula is C22H19N3O3. The van der Waals surface area contributed by atoms with Crippen LogP contribution in [-0.2, 0) is 0 Å². The summed E-state index contributed by atoms with van der Waals surface area (Å²) in [6.07, 6.45) is 1.73. The number of rotatable bonds is 5. The standard InChI is InChI=1S/C22H19N3O3/c1-27-20-8-4-7-17(21(20)28-2)14-5-3-6-16(11-14)25-13-24-18-12-15(22(23)26)9-10-19(18)25/h3-13H,1-2H3,(H2,23,26). The minimum Gasteiger partial charge on any atom is -0.493 e. The fraction of sp³-hybridized carbons (Fsp3) is 0.0909. The molecule has 2 N–H and O–H groups in total. The van der Waals surface area contributed by atoms with Crippen LogP contribution in [0.15, 0.2) is 67.0 Å². The lowest BCUT2D eigenvalue weighted by molar-refractivity contribution is 0.100. The molecule has 1 aromatic heterocycles. The topological polar surface area (TPSA) is 79.4 Å². The van der Waals surface area contributed by atoms with Crippen LogP contribution in [0.4, 0.5) is 0 Å². The first-order chi connectivity index (χ1) is 13.6. The van der Waals surface area contributed by atoms with Crippen molar-refractivity contribution in [3.05, 3.63) is 72.6 Å². The molecule has 0 unspecified atom stereocenters. The third kappa shape index (κ3) is 2.95. The van der Waals surface area contributed by atoms with Gasteiger partial charge in [0.2, 0.25) is 5.91 Å². The van der Waals surface area contributed by atoms with E-state index in [0.29, 0.717) is 22.6 Å². The van der Waals surface area contributed by atoms with Gasteiger partial charge in [0, 0.05) is 16.8 Å². The lowest BCUT2D eigenvalue weighted by Crippen LogP contribution is -2.10. The summed E-state index contributed by atoms with van der Waals surface area (Å²) in [6, 6.07) is 19.1. The number of hydrogen-bond acceptors (Lipinski definition) is 4.